The van der Waals surface area contributed by atoms with E-state index < -0.39 is 33.4 Å². The van der Waals surface area contributed by atoms with Crippen molar-refractivity contribution in [3.05, 3.63) is 64.1 Å². The number of carbonyl (C=O) groups excluding carboxylic acids is 1. The van der Waals surface area contributed by atoms with Crippen molar-refractivity contribution >= 4 is 27.0 Å². The van der Waals surface area contributed by atoms with Crippen molar-refractivity contribution in [3.63, 3.8) is 0 Å². The molecule has 1 aromatic heterocycles. The summed E-state index contributed by atoms with van der Waals surface area (Å²) in [5.74, 6) is -1.04. The first-order chi connectivity index (χ1) is 15.5. The third-order valence-corrected chi connectivity index (χ3v) is 7.47. The van der Waals surface area contributed by atoms with Gasteiger partial charge in [0.2, 0.25) is 10.0 Å². The Morgan fingerprint density at radius 3 is 2.24 bits per heavy atom. The number of aromatic nitrogens is 1. The van der Waals surface area contributed by atoms with Crippen molar-refractivity contribution in [1.29, 1.82) is 0 Å². The monoisotopic (exact) mass is 483 g/mol. The Labute approximate surface area is 186 Å². The maximum absolute atomic E-state index is 13.1. The summed E-state index contributed by atoms with van der Waals surface area (Å²) < 4.78 is 72.0. The summed E-state index contributed by atoms with van der Waals surface area (Å²) in [4.78, 5) is 25.9. The number of hydrogen-bond donors (Lipinski definition) is 0. The fourth-order valence-corrected chi connectivity index (χ4v) is 5.21. The van der Waals surface area contributed by atoms with E-state index in [1.54, 1.807) is 6.92 Å². The van der Waals surface area contributed by atoms with Crippen molar-refractivity contribution in [2.24, 2.45) is 0 Å². The van der Waals surface area contributed by atoms with Crippen LogP contribution in [0.25, 0.3) is 11.1 Å². The van der Waals surface area contributed by atoms with Gasteiger partial charge in [-0.1, -0.05) is 0 Å². The average molecular weight is 483 g/mol. The van der Waals surface area contributed by atoms with Gasteiger partial charge in [-0.15, -0.1) is 0 Å². The molecule has 0 N–H and O–H groups in total. The van der Waals surface area contributed by atoms with Crippen LogP contribution >= 0.6 is 0 Å². The van der Waals surface area contributed by atoms with Crippen LogP contribution in [0.3, 0.4) is 0 Å². The van der Waals surface area contributed by atoms with E-state index in [9.17, 15) is 31.2 Å². The summed E-state index contributed by atoms with van der Waals surface area (Å²) in [6, 6.07) is 8.12. The van der Waals surface area contributed by atoms with Gasteiger partial charge in [0.05, 0.1) is 16.0 Å². The second kappa shape index (κ2) is 8.34. The molecule has 1 aliphatic rings. The van der Waals surface area contributed by atoms with Crippen LogP contribution in [0.1, 0.15) is 22.8 Å². The molecule has 0 saturated carbocycles. The Kier molecular flexibility index (Phi) is 5.83. The van der Waals surface area contributed by atoms with Crippen LogP contribution in [0.2, 0.25) is 0 Å². The van der Waals surface area contributed by atoms with Gasteiger partial charge in [0.25, 0.3) is 5.91 Å². The highest BCUT2D eigenvalue weighted by Crippen LogP contribution is 2.29. The van der Waals surface area contributed by atoms with E-state index in [2.05, 4.69) is 0 Å². The highest BCUT2D eigenvalue weighted by Gasteiger charge is 2.32. The van der Waals surface area contributed by atoms with Gasteiger partial charge < -0.3 is 9.32 Å². The number of hydrogen-bond acceptors (Lipinski definition) is 5. The molecule has 2 aromatic carbocycles. The number of halogens is 3. The maximum Gasteiger partial charge on any atom is 0.419 e. The van der Waals surface area contributed by atoms with Gasteiger partial charge in [0.15, 0.2) is 5.58 Å². The number of oxazole rings is 1. The molecule has 0 atom stereocenters. The number of carbonyl (C=O) groups is 1. The van der Waals surface area contributed by atoms with Crippen LogP contribution in [0.4, 0.5) is 13.2 Å². The Balaban J connectivity index is 1.47. The van der Waals surface area contributed by atoms with Crippen LogP contribution in [0, 0.1) is 0 Å². The zero-order valence-electron chi connectivity index (χ0n) is 17.5. The van der Waals surface area contributed by atoms with E-state index in [4.69, 9.17) is 4.42 Å². The quantitative estimate of drug-likeness (QED) is 0.569. The standard InChI is InChI=1S/C21H20F3N3O5S/c1-2-27-17-8-7-16(13-18(17)32-20(27)29)33(30,31)26-11-9-25(10-12-26)19(28)14-3-5-15(6-4-14)21(22,23)24/h3-8,13H,2,9-12H2,1H3. The molecule has 176 valence electrons. The van der Waals surface area contributed by atoms with Crippen LogP contribution in [0.5, 0.6) is 0 Å². The molecular formula is C21H20F3N3O5S. The first-order valence-electron chi connectivity index (χ1n) is 10.1. The number of piperazine rings is 1. The Bertz CT molecular complexity index is 1350. The van der Waals surface area contributed by atoms with E-state index in [-0.39, 0.29) is 42.2 Å². The third kappa shape index (κ3) is 4.27. The molecule has 0 aliphatic carbocycles. The molecule has 33 heavy (non-hydrogen) atoms. The first kappa shape index (κ1) is 23.1. The molecule has 12 heteroatoms. The van der Waals surface area contributed by atoms with E-state index >= 15 is 0 Å². The van der Waals surface area contributed by atoms with Crippen molar-refractivity contribution in [1.82, 2.24) is 13.8 Å². The summed E-state index contributed by atoms with van der Waals surface area (Å²) in [6.45, 7) is 2.36. The molecule has 4 rings (SSSR count). The normalized spacial score (nSPS) is 15.8. The predicted octanol–water partition coefficient (Wildman–Crippen LogP) is 2.78. The van der Waals surface area contributed by atoms with Crippen LogP contribution in [-0.2, 0) is 22.7 Å². The van der Waals surface area contributed by atoms with Crippen molar-refractivity contribution in [3.8, 4) is 0 Å². The minimum Gasteiger partial charge on any atom is -0.408 e. The number of rotatable bonds is 4. The van der Waals surface area contributed by atoms with Gasteiger partial charge in [-0.3, -0.25) is 9.36 Å². The molecule has 0 bridgehead atoms. The molecule has 0 unspecified atom stereocenters. The molecule has 1 aliphatic heterocycles. The van der Waals surface area contributed by atoms with Gasteiger partial charge in [-0.05, 0) is 43.3 Å². The first-order valence-corrected chi connectivity index (χ1v) is 11.6. The van der Waals surface area contributed by atoms with Gasteiger partial charge in [0.1, 0.15) is 0 Å². The van der Waals surface area contributed by atoms with E-state index in [0.717, 1.165) is 24.3 Å². The summed E-state index contributed by atoms with van der Waals surface area (Å²) in [5.41, 5.74) is -0.0929. The molecule has 0 spiro atoms. The second-order valence-electron chi connectivity index (χ2n) is 7.51. The van der Waals surface area contributed by atoms with Crippen LogP contribution in [0.15, 0.2) is 56.6 Å². The number of alkyl halides is 3. The zero-order chi connectivity index (χ0) is 24.0. The molecule has 8 nitrogen and oxygen atoms in total. The lowest BCUT2D eigenvalue weighted by atomic mass is 10.1. The summed E-state index contributed by atoms with van der Waals surface area (Å²) in [5, 5.41) is 0. The largest absolute Gasteiger partial charge is 0.419 e. The summed E-state index contributed by atoms with van der Waals surface area (Å²) in [6.07, 6.45) is -4.49. The molecule has 0 radical (unpaired) electrons. The number of sulfonamides is 1. The Morgan fingerprint density at radius 1 is 1.03 bits per heavy atom. The number of amides is 1. The highest BCUT2D eigenvalue weighted by atomic mass is 32.2. The second-order valence-corrected chi connectivity index (χ2v) is 9.45. The topological polar surface area (TPSA) is 92.8 Å². The van der Waals surface area contributed by atoms with Crippen LogP contribution < -0.4 is 5.76 Å². The lowest BCUT2D eigenvalue weighted by Gasteiger charge is -2.34. The lowest BCUT2D eigenvalue weighted by Crippen LogP contribution is -2.50. The molecule has 1 amide bonds. The van der Waals surface area contributed by atoms with Crippen molar-refractivity contribution < 1.29 is 30.8 Å². The maximum atomic E-state index is 13.1. The fourth-order valence-electron chi connectivity index (χ4n) is 3.77. The minimum atomic E-state index is -4.49. The van der Waals surface area contributed by atoms with Gasteiger partial charge >= 0.3 is 11.9 Å². The number of aryl methyl sites for hydroxylation is 1. The summed E-state index contributed by atoms with van der Waals surface area (Å²) in [7, 11) is -3.90. The Morgan fingerprint density at radius 2 is 1.67 bits per heavy atom. The van der Waals surface area contributed by atoms with E-state index in [0.29, 0.717) is 12.1 Å². The lowest BCUT2D eigenvalue weighted by molar-refractivity contribution is -0.137. The zero-order valence-corrected chi connectivity index (χ0v) is 18.3. The number of fused-ring (bicyclic) bond motifs is 1. The highest BCUT2D eigenvalue weighted by molar-refractivity contribution is 7.89. The van der Waals surface area contributed by atoms with Gasteiger partial charge in [0, 0.05) is 44.4 Å². The molecule has 3 aromatic rings. The van der Waals surface area contributed by atoms with E-state index in [1.807, 2.05) is 0 Å². The fraction of sp³-hybridized carbons (Fsp3) is 0.333. The number of benzene rings is 2. The van der Waals surface area contributed by atoms with Crippen molar-refractivity contribution in [2.45, 2.75) is 24.5 Å². The van der Waals surface area contributed by atoms with Crippen LogP contribution in [-0.4, -0.2) is 54.3 Å². The average Bonchev–Trinajstić information content (AvgIpc) is 3.12. The third-order valence-electron chi connectivity index (χ3n) is 5.58. The summed E-state index contributed by atoms with van der Waals surface area (Å²) >= 11 is 0. The van der Waals surface area contributed by atoms with Gasteiger partial charge in [-0.2, -0.15) is 17.5 Å². The molecule has 1 saturated heterocycles. The van der Waals surface area contributed by atoms with Crippen molar-refractivity contribution in [2.75, 3.05) is 26.2 Å². The molecule has 2 heterocycles. The SMILES string of the molecule is CCn1c(=O)oc2cc(S(=O)(=O)N3CCN(C(=O)c4ccc(C(F)(F)F)cc4)CC3)ccc21. The minimum absolute atomic E-state index is 0.0205. The molecule has 1 fully saturated rings. The molecular weight excluding hydrogens is 463 g/mol. The Hall–Kier alpha value is -3.12. The number of nitrogens with zero attached hydrogens (tertiary/aromatic N) is 3. The smallest absolute Gasteiger partial charge is 0.408 e. The van der Waals surface area contributed by atoms with E-state index in [1.165, 1.54) is 32.0 Å². The van der Waals surface area contributed by atoms with Gasteiger partial charge in [-0.25, -0.2) is 13.2 Å². The predicted molar refractivity (Wildman–Crippen MR) is 112 cm³/mol.